The van der Waals surface area contributed by atoms with E-state index in [9.17, 15) is 0 Å². The Hall–Kier alpha value is 1.28. The van der Waals surface area contributed by atoms with Crippen LogP contribution in [-0.4, -0.2) is 12.7 Å². The van der Waals surface area contributed by atoms with E-state index in [-0.39, 0.29) is 0 Å². The van der Waals surface area contributed by atoms with Gasteiger partial charge in [-0.2, -0.15) is 22.2 Å². The Morgan fingerprint density at radius 3 is 0.667 bits per heavy atom. The van der Waals surface area contributed by atoms with Gasteiger partial charge >= 0.3 is 0 Å². The third kappa shape index (κ3) is 33.3. The molecule has 0 spiro atoms. The molecule has 0 saturated heterocycles. The molecule has 0 unspecified atom stereocenters. The quantitative estimate of drug-likeness (QED) is 0.0354. The number of hydrogen-bond donors (Lipinski definition) is 0. The molecule has 0 radical (unpaired) electrons. The molecule has 33 heavy (non-hydrogen) atoms. The summed E-state index contributed by atoms with van der Waals surface area (Å²) in [5, 5.41) is 1.18. The lowest BCUT2D eigenvalue weighted by molar-refractivity contribution is 0.515. The first-order valence-corrected chi connectivity index (χ1v) is 20.5. The zero-order valence-electron chi connectivity index (χ0n) is 22.2. The average molecular weight is 587 g/mol. The lowest BCUT2D eigenvalue weighted by Gasteiger charge is -2.04. The van der Waals surface area contributed by atoms with Crippen LogP contribution in [0.15, 0.2) is 0 Å². The van der Waals surface area contributed by atoms with E-state index in [2.05, 4.69) is 15.9 Å². The minimum atomic E-state index is -1.33. The predicted molar refractivity (Wildman–Crippen MR) is 162 cm³/mol. The van der Waals surface area contributed by atoms with E-state index in [1.165, 1.54) is 179 Å². The van der Waals surface area contributed by atoms with Gasteiger partial charge in [-0.3, -0.25) is 0 Å². The topological polar surface area (TPSA) is 0 Å². The van der Waals surface area contributed by atoms with Crippen LogP contribution in [0.1, 0.15) is 173 Å². The van der Waals surface area contributed by atoms with Crippen LogP contribution in [0.3, 0.4) is 0 Å². The highest BCUT2D eigenvalue weighted by Crippen LogP contribution is 2.17. The molecule has 0 aromatic heterocycles. The molecular weight excluding hydrogens is 527 g/mol. The van der Waals surface area contributed by atoms with Crippen molar-refractivity contribution >= 4 is 45.5 Å². The summed E-state index contributed by atoms with van der Waals surface area (Å²) < 4.78 is 0. The predicted octanol–water partition coefficient (Wildman–Crippen LogP) is 12.6. The molecule has 0 aliphatic carbocycles. The van der Waals surface area contributed by atoms with Gasteiger partial charge in [0, 0.05) is 5.33 Å². The third-order valence-corrected chi connectivity index (χ3v) is 9.77. The second-order valence-electron chi connectivity index (χ2n) is 10.4. The van der Waals surface area contributed by atoms with Crippen molar-refractivity contribution in [2.24, 2.45) is 0 Å². The molecule has 0 rings (SSSR count). The Kier molecular flexibility index (Phi) is 32.5. The van der Waals surface area contributed by atoms with Crippen molar-refractivity contribution in [2.75, 3.05) is 5.33 Å². The number of halogens is 3. The molecule has 4 heteroatoms. The molecule has 0 aliphatic heterocycles. The van der Waals surface area contributed by atoms with Crippen LogP contribution in [0, 0.1) is 0 Å². The molecule has 0 saturated carbocycles. The van der Waals surface area contributed by atoms with Crippen molar-refractivity contribution in [1.29, 1.82) is 0 Å². The summed E-state index contributed by atoms with van der Waals surface area (Å²) in [6, 6.07) is 1.10. The fraction of sp³-hybridized carbons (Fsp3) is 1.00. The molecule has 0 atom stereocenters. The molecule has 200 valence electrons. The lowest BCUT2D eigenvalue weighted by atomic mass is 10.0. The van der Waals surface area contributed by atoms with Gasteiger partial charge in [-0.15, -0.1) is 0 Å². The highest BCUT2D eigenvalue weighted by Gasteiger charge is 2.00. The van der Waals surface area contributed by atoms with Crippen molar-refractivity contribution in [3.05, 3.63) is 0 Å². The minimum absolute atomic E-state index is 1.10. The second kappa shape index (κ2) is 31.3. The van der Waals surface area contributed by atoms with Crippen molar-refractivity contribution in [3.63, 3.8) is 0 Å². The van der Waals surface area contributed by atoms with Crippen molar-refractivity contribution in [1.82, 2.24) is 0 Å². The zero-order valence-corrected chi connectivity index (χ0v) is 26.5. The highest BCUT2D eigenvalue weighted by molar-refractivity contribution is 9.09. The maximum Gasteiger partial charge on any atom is 0.237 e. The summed E-state index contributed by atoms with van der Waals surface area (Å²) in [7, 11) is -1.33. The Labute approximate surface area is 229 Å². The van der Waals surface area contributed by atoms with Gasteiger partial charge in [0.2, 0.25) is 7.42 Å². The first kappa shape index (κ1) is 34.3. The molecule has 0 nitrogen and oxygen atoms in total. The van der Waals surface area contributed by atoms with E-state index in [1.54, 1.807) is 0 Å². The van der Waals surface area contributed by atoms with Crippen molar-refractivity contribution in [3.8, 4) is 0 Å². The maximum atomic E-state index is 5.89. The van der Waals surface area contributed by atoms with Gasteiger partial charge in [0.25, 0.3) is 0 Å². The van der Waals surface area contributed by atoms with Crippen LogP contribution in [0.5, 0.6) is 0 Å². The summed E-state index contributed by atoms with van der Waals surface area (Å²) in [6.07, 6.45) is 39.0. The van der Waals surface area contributed by atoms with E-state index in [1.807, 2.05) is 0 Å². The standard InChI is InChI=1S/C29H59BrCl2Si/c30-28-26-24-22-20-18-16-14-12-10-8-6-4-2-1-3-5-7-9-11-13-15-17-19-21-23-25-27-29-33(31)32/h33H,1-29H2. The molecule has 0 aromatic carbocycles. The molecule has 0 N–H and O–H groups in total. The minimum Gasteiger partial charge on any atom is -0.150 e. The van der Waals surface area contributed by atoms with Gasteiger partial charge < -0.3 is 0 Å². The fourth-order valence-electron chi connectivity index (χ4n) is 4.81. The van der Waals surface area contributed by atoms with Gasteiger partial charge in [-0.05, 0) is 12.5 Å². The van der Waals surface area contributed by atoms with Crippen LogP contribution in [-0.2, 0) is 0 Å². The van der Waals surface area contributed by atoms with Crippen molar-refractivity contribution < 1.29 is 0 Å². The summed E-state index contributed by atoms with van der Waals surface area (Å²) in [4.78, 5) is 0. The maximum absolute atomic E-state index is 5.89. The van der Waals surface area contributed by atoms with Crippen LogP contribution in [0.4, 0.5) is 0 Å². The van der Waals surface area contributed by atoms with Gasteiger partial charge in [0.15, 0.2) is 0 Å². The normalized spacial score (nSPS) is 11.6. The molecule has 0 heterocycles. The van der Waals surface area contributed by atoms with E-state index in [0.29, 0.717) is 0 Å². The average Bonchev–Trinajstić information content (AvgIpc) is 2.80. The Morgan fingerprint density at radius 1 is 0.303 bits per heavy atom. The van der Waals surface area contributed by atoms with E-state index in [4.69, 9.17) is 22.2 Å². The molecule has 0 aliphatic rings. The molecule has 0 fully saturated rings. The van der Waals surface area contributed by atoms with E-state index in [0.717, 1.165) is 6.04 Å². The van der Waals surface area contributed by atoms with Gasteiger partial charge in [-0.1, -0.05) is 183 Å². The highest BCUT2D eigenvalue weighted by atomic mass is 79.9. The SMILES string of the molecule is Cl[SiH](Cl)CCCCCCCCCCCCCCCCCCCCCCCCCCCCCBr. The second-order valence-corrected chi connectivity index (χ2v) is 16.4. The molecule has 0 amide bonds. The third-order valence-electron chi connectivity index (χ3n) is 7.06. The fourth-order valence-corrected chi connectivity index (χ4v) is 6.73. The Balaban J connectivity index is 3.00. The lowest BCUT2D eigenvalue weighted by Crippen LogP contribution is -1.91. The molecular formula is C29H59BrCl2Si. The smallest absolute Gasteiger partial charge is 0.150 e. The van der Waals surface area contributed by atoms with Crippen LogP contribution in [0.2, 0.25) is 6.04 Å². The van der Waals surface area contributed by atoms with Crippen molar-refractivity contribution in [2.45, 2.75) is 179 Å². The van der Waals surface area contributed by atoms with Gasteiger partial charge in [-0.25, -0.2) is 0 Å². The first-order chi connectivity index (χ1) is 16.3. The van der Waals surface area contributed by atoms with Crippen LogP contribution >= 0.6 is 38.1 Å². The summed E-state index contributed by atoms with van der Waals surface area (Å²) in [5.74, 6) is 0. The monoisotopic (exact) mass is 584 g/mol. The molecule has 0 bridgehead atoms. The Morgan fingerprint density at radius 2 is 0.485 bits per heavy atom. The number of rotatable bonds is 29. The van der Waals surface area contributed by atoms with E-state index < -0.39 is 7.42 Å². The summed E-state index contributed by atoms with van der Waals surface area (Å²) >= 11 is 15.3. The first-order valence-electron chi connectivity index (χ1n) is 15.1. The van der Waals surface area contributed by atoms with Gasteiger partial charge in [0.05, 0.1) is 0 Å². The summed E-state index contributed by atoms with van der Waals surface area (Å²) in [5.41, 5.74) is 0. The number of alkyl halides is 1. The number of unbranched alkanes of at least 4 members (excludes halogenated alkanes) is 26. The van der Waals surface area contributed by atoms with Gasteiger partial charge in [0.1, 0.15) is 0 Å². The summed E-state index contributed by atoms with van der Waals surface area (Å²) in [6.45, 7) is 0. The Bertz CT molecular complexity index is 342. The van der Waals surface area contributed by atoms with Crippen LogP contribution < -0.4 is 0 Å². The zero-order chi connectivity index (χ0) is 24.1. The number of hydrogen-bond acceptors (Lipinski definition) is 0. The van der Waals surface area contributed by atoms with E-state index >= 15 is 0 Å². The largest absolute Gasteiger partial charge is 0.237 e. The van der Waals surface area contributed by atoms with Crippen LogP contribution in [0.25, 0.3) is 0 Å². The molecule has 0 aromatic rings.